The van der Waals surface area contributed by atoms with Gasteiger partial charge in [-0.3, -0.25) is 14.1 Å². The molecule has 10 heteroatoms. The molecule has 20 heavy (non-hydrogen) atoms. The molecule has 2 rings (SSSR count). The molecule has 0 aromatic heterocycles. The summed E-state index contributed by atoms with van der Waals surface area (Å²) < 4.78 is 33.9. The number of imide groups is 1. The van der Waals surface area contributed by atoms with Gasteiger partial charge in [0.25, 0.3) is 5.91 Å². The molecule has 1 heterocycles. The Morgan fingerprint density at radius 2 is 1.75 bits per heavy atom. The topological polar surface area (TPSA) is 101 Å². The quantitative estimate of drug-likeness (QED) is 0.660. The molecule has 1 aromatic rings. The van der Waals surface area contributed by atoms with Gasteiger partial charge in [0, 0.05) is 10.0 Å². The molecule has 1 aliphatic heterocycles. The van der Waals surface area contributed by atoms with Crippen LogP contribution in [0.3, 0.4) is 0 Å². The van der Waals surface area contributed by atoms with Gasteiger partial charge in [-0.2, -0.15) is 8.42 Å². The summed E-state index contributed by atoms with van der Waals surface area (Å²) in [5.74, 6) is -1.62. The average molecular weight is 340 g/mol. The van der Waals surface area contributed by atoms with Crippen molar-refractivity contribution in [2.45, 2.75) is 12.5 Å². The van der Waals surface area contributed by atoms with Crippen molar-refractivity contribution in [1.29, 1.82) is 0 Å². The molecule has 1 aliphatic rings. The number of anilines is 1. The van der Waals surface area contributed by atoms with Crippen molar-refractivity contribution >= 4 is 51.1 Å². The third-order valence-corrected chi connectivity index (χ3v) is 3.36. The molecule has 2 amide bonds. The van der Waals surface area contributed by atoms with Crippen molar-refractivity contribution in [1.82, 2.24) is 0 Å². The van der Waals surface area contributed by atoms with Gasteiger partial charge in [0.05, 0.1) is 12.1 Å². The van der Waals surface area contributed by atoms with E-state index in [1.165, 1.54) is 18.2 Å². The number of carbonyl (C=O) groups is 2. The van der Waals surface area contributed by atoms with Crippen LogP contribution in [-0.2, 0) is 24.2 Å². The highest BCUT2D eigenvalue weighted by molar-refractivity contribution is 7.80. The lowest BCUT2D eigenvalue weighted by atomic mass is 10.3. The van der Waals surface area contributed by atoms with Crippen molar-refractivity contribution in [3.8, 4) is 0 Å². The number of amides is 2. The molecule has 108 valence electrons. The lowest BCUT2D eigenvalue weighted by molar-refractivity contribution is -0.123. The predicted molar refractivity (Wildman–Crippen MR) is 70.0 cm³/mol. The molecular formula is C10H7Cl2NO6S. The van der Waals surface area contributed by atoms with E-state index in [1.54, 1.807) is 0 Å². The third kappa shape index (κ3) is 3.28. The number of benzene rings is 1. The van der Waals surface area contributed by atoms with E-state index in [9.17, 15) is 18.0 Å². The van der Waals surface area contributed by atoms with Gasteiger partial charge in [-0.15, -0.1) is 0 Å². The maximum atomic E-state index is 11.9. The Bertz CT molecular complexity index is 669. The van der Waals surface area contributed by atoms with Crippen LogP contribution in [0.25, 0.3) is 0 Å². The Balaban J connectivity index is 2.33. The minimum atomic E-state index is -4.84. The maximum absolute atomic E-state index is 11.9. The highest BCUT2D eigenvalue weighted by Crippen LogP contribution is 2.30. The first-order valence-corrected chi connectivity index (χ1v) is 7.28. The van der Waals surface area contributed by atoms with E-state index in [1.807, 2.05) is 0 Å². The molecule has 1 N–H and O–H groups in total. The second-order valence-corrected chi connectivity index (χ2v) is 5.83. The highest BCUT2D eigenvalue weighted by Gasteiger charge is 2.42. The Hall–Kier alpha value is -1.19. The fraction of sp³-hybridized carbons (Fsp3) is 0.200. The van der Waals surface area contributed by atoms with Crippen LogP contribution in [0.2, 0.25) is 10.0 Å². The highest BCUT2D eigenvalue weighted by atomic mass is 35.5. The van der Waals surface area contributed by atoms with Crippen LogP contribution in [0.5, 0.6) is 0 Å². The van der Waals surface area contributed by atoms with E-state index in [2.05, 4.69) is 4.18 Å². The van der Waals surface area contributed by atoms with E-state index in [0.29, 0.717) is 4.90 Å². The number of rotatable bonds is 3. The summed E-state index contributed by atoms with van der Waals surface area (Å²) >= 11 is 11.5. The zero-order chi connectivity index (χ0) is 15.1. The minimum Gasteiger partial charge on any atom is -0.274 e. The molecule has 0 unspecified atom stereocenters. The van der Waals surface area contributed by atoms with Crippen LogP contribution in [0.4, 0.5) is 5.69 Å². The predicted octanol–water partition coefficient (Wildman–Crippen LogP) is 1.44. The SMILES string of the molecule is O=C1C[C@@H](OS(=O)(=O)O)C(=O)N1c1cc(Cl)cc(Cl)c1. The molecule has 7 nitrogen and oxygen atoms in total. The first-order valence-electron chi connectivity index (χ1n) is 5.16. The van der Waals surface area contributed by atoms with E-state index in [4.69, 9.17) is 27.8 Å². The Morgan fingerprint density at radius 1 is 1.20 bits per heavy atom. The molecule has 0 aliphatic carbocycles. The summed E-state index contributed by atoms with van der Waals surface area (Å²) in [6.07, 6.45) is -2.11. The molecule has 1 atom stereocenters. The van der Waals surface area contributed by atoms with Crippen molar-refractivity contribution in [2.24, 2.45) is 0 Å². The summed E-state index contributed by atoms with van der Waals surface area (Å²) in [5.41, 5.74) is 0.0962. The summed E-state index contributed by atoms with van der Waals surface area (Å²) in [4.78, 5) is 24.4. The van der Waals surface area contributed by atoms with Crippen molar-refractivity contribution in [3.05, 3.63) is 28.2 Å². The summed E-state index contributed by atoms with van der Waals surface area (Å²) in [6.45, 7) is 0. The first kappa shape index (κ1) is 15.2. The lowest BCUT2D eigenvalue weighted by Crippen LogP contribution is -2.33. The second-order valence-electron chi connectivity index (χ2n) is 3.91. The van der Waals surface area contributed by atoms with E-state index < -0.39 is 34.7 Å². The fourth-order valence-electron chi connectivity index (χ4n) is 1.77. The smallest absolute Gasteiger partial charge is 0.274 e. The van der Waals surface area contributed by atoms with Gasteiger partial charge in [0.2, 0.25) is 5.91 Å². The van der Waals surface area contributed by atoms with E-state index >= 15 is 0 Å². The molecule has 0 saturated carbocycles. The average Bonchev–Trinajstić information content (AvgIpc) is 2.50. The minimum absolute atomic E-state index is 0.0962. The monoisotopic (exact) mass is 339 g/mol. The molecule has 0 spiro atoms. The Morgan fingerprint density at radius 3 is 2.25 bits per heavy atom. The number of halogens is 2. The standard InChI is InChI=1S/C10H7Cl2NO6S/c11-5-1-6(12)3-7(2-5)13-9(14)4-8(10(13)15)19-20(16,17)18/h1-3,8H,4H2,(H,16,17,18)/t8-/m1/s1. The third-order valence-electron chi connectivity index (χ3n) is 2.45. The van der Waals surface area contributed by atoms with Gasteiger partial charge in [0.1, 0.15) is 0 Å². The van der Waals surface area contributed by atoms with Crippen LogP contribution in [-0.4, -0.2) is 30.9 Å². The molecule has 0 radical (unpaired) electrons. The van der Waals surface area contributed by atoms with Crippen molar-refractivity contribution in [2.75, 3.05) is 4.90 Å². The van der Waals surface area contributed by atoms with Crippen molar-refractivity contribution in [3.63, 3.8) is 0 Å². The largest absolute Gasteiger partial charge is 0.398 e. The number of nitrogens with zero attached hydrogens (tertiary/aromatic N) is 1. The van der Waals surface area contributed by atoms with Crippen LogP contribution in [0, 0.1) is 0 Å². The molecule has 1 fully saturated rings. The zero-order valence-corrected chi connectivity index (χ0v) is 11.9. The molecular weight excluding hydrogens is 333 g/mol. The molecule has 1 saturated heterocycles. The van der Waals surface area contributed by atoms with Gasteiger partial charge >= 0.3 is 10.4 Å². The normalized spacial score (nSPS) is 19.8. The van der Waals surface area contributed by atoms with Gasteiger partial charge in [-0.05, 0) is 18.2 Å². The second kappa shape index (κ2) is 5.30. The van der Waals surface area contributed by atoms with Crippen LogP contribution < -0.4 is 4.90 Å². The van der Waals surface area contributed by atoms with Gasteiger partial charge in [-0.25, -0.2) is 9.08 Å². The lowest BCUT2D eigenvalue weighted by Gasteiger charge is -2.15. The summed E-state index contributed by atoms with van der Waals surface area (Å²) in [5, 5.41) is 0.402. The number of hydrogen-bond acceptors (Lipinski definition) is 5. The molecule has 1 aromatic carbocycles. The zero-order valence-electron chi connectivity index (χ0n) is 9.62. The molecule has 0 bridgehead atoms. The van der Waals surface area contributed by atoms with Gasteiger partial charge in [-0.1, -0.05) is 23.2 Å². The van der Waals surface area contributed by atoms with Gasteiger partial charge < -0.3 is 0 Å². The van der Waals surface area contributed by atoms with E-state index in [-0.39, 0.29) is 15.7 Å². The number of carbonyl (C=O) groups excluding carboxylic acids is 2. The van der Waals surface area contributed by atoms with Crippen LogP contribution in [0.15, 0.2) is 18.2 Å². The Kier molecular flexibility index (Phi) is 4.03. The summed E-state index contributed by atoms with van der Waals surface area (Å²) in [6, 6.07) is 4.04. The van der Waals surface area contributed by atoms with Crippen LogP contribution >= 0.6 is 23.2 Å². The van der Waals surface area contributed by atoms with Crippen LogP contribution in [0.1, 0.15) is 6.42 Å². The summed E-state index contributed by atoms with van der Waals surface area (Å²) in [7, 11) is -4.84. The Labute approximate surface area is 124 Å². The first-order chi connectivity index (χ1) is 9.17. The van der Waals surface area contributed by atoms with E-state index in [0.717, 1.165) is 0 Å². The van der Waals surface area contributed by atoms with Crippen molar-refractivity contribution < 1.29 is 26.7 Å². The van der Waals surface area contributed by atoms with Gasteiger partial charge in [0.15, 0.2) is 6.10 Å². The number of hydrogen-bond donors (Lipinski definition) is 1. The maximum Gasteiger partial charge on any atom is 0.398 e. The fourth-order valence-corrected chi connectivity index (χ4v) is 2.72.